The van der Waals surface area contributed by atoms with Crippen LogP contribution in [0.2, 0.25) is 0 Å². The lowest BCUT2D eigenvalue weighted by Gasteiger charge is -2.26. The van der Waals surface area contributed by atoms with Gasteiger partial charge in [0.1, 0.15) is 5.58 Å². The van der Waals surface area contributed by atoms with Crippen molar-refractivity contribution in [2.45, 2.75) is 6.04 Å². The van der Waals surface area contributed by atoms with Crippen LogP contribution in [0.5, 0.6) is 0 Å². The van der Waals surface area contributed by atoms with Crippen molar-refractivity contribution >= 4 is 39.2 Å². The van der Waals surface area contributed by atoms with Gasteiger partial charge in [-0.15, -0.1) is 0 Å². The molecule has 6 rings (SSSR count). The second-order valence-corrected chi connectivity index (χ2v) is 7.94. The first-order chi connectivity index (χ1) is 16.1. The number of para-hydroxylation sites is 3. The minimum absolute atomic E-state index is 0.00679. The summed E-state index contributed by atoms with van der Waals surface area (Å²) in [6, 6.07) is 24.8. The predicted octanol–water partition coefficient (Wildman–Crippen LogP) is 5.70. The Morgan fingerprint density at radius 1 is 0.939 bits per heavy atom. The van der Waals surface area contributed by atoms with E-state index in [-0.39, 0.29) is 11.3 Å². The largest absolute Gasteiger partial charge is 0.503 e. The molecule has 1 aliphatic heterocycles. The third-order valence-electron chi connectivity index (χ3n) is 6.05. The van der Waals surface area contributed by atoms with Crippen LogP contribution in [-0.4, -0.2) is 21.8 Å². The number of aliphatic hydroxyl groups is 1. The molecule has 0 bridgehead atoms. The zero-order valence-electron chi connectivity index (χ0n) is 17.4. The molecule has 2 N–H and O–H groups in total. The van der Waals surface area contributed by atoms with Gasteiger partial charge in [0, 0.05) is 33.7 Å². The summed E-state index contributed by atoms with van der Waals surface area (Å²) in [5, 5.41) is 12.6. The van der Waals surface area contributed by atoms with Gasteiger partial charge in [0.2, 0.25) is 5.78 Å². The quantitative estimate of drug-likeness (QED) is 0.356. The smallest absolute Gasteiger partial charge is 0.294 e. The Kier molecular flexibility index (Phi) is 4.20. The molecule has 1 aliphatic rings. The zero-order valence-corrected chi connectivity index (χ0v) is 17.4. The number of aromatic amines is 1. The van der Waals surface area contributed by atoms with Crippen molar-refractivity contribution < 1.29 is 19.1 Å². The summed E-state index contributed by atoms with van der Waals surface area (Å²) in [7, 11) is 0. The van der Waals surface area contributed by atoms with Gasteiger partial charge in [-0.1, -0.05) is 54.6 Å². The van der Waals surface area contributed by atoms with Crippen LogP contribution in [0.3, 0.4) is 0 Å². The van der Waals surface area contributed by atoms with E-state index in [2.05, 4.69) is 4.98 Å². The van der Waals surface area contributed by atoms with Gasteiger partial charge in [-0.25, -0.2) is 0 Å². The lowest BCUT2D eigenvalue weighted by atomic mass is 9.94. The van der Waals surface area contributed by atoms with Gasteiger partial charge in [0.05, 0.1) is 11.6 Å². The highest BCUT2D eigenvalue weighted by Gasteiger charge is 2.46. The maximum absolute atomic E-state index is 13.7. The number of aliphatic hydroxyl groups excluding tert-OH is 1. The summed E-state index contributed by atoms with van der Waals surface area (Å²) in [6.07, 6.45) is 1.78. The molecule has 1 amide bonds. The normalized spacial score (nSPS) is 16.3. The van der Waals surface area contributed by atoms with Gasteiger partial charge in [0.15, 0.2) is 11.5 Å². The molecule has 0 spiro atoms. The van der Waals surface area contributed by atoms with Crippen LogP contribution in [-0.2, 0) is 4.79 Å². The third-order valence-corrected chi connectivity index (χ3v) is 6.05. The maximum Gasteiger partial charge on any atom is 0.294 e. The molecule has 6 heteroatoms. The van der Waals surface area contributed by atoms with Crippen molar-refractivity contribution in [2.75, 3.05) is 4.90 Å². The number of H-pyrrole nitrogens is 1. The van der Waals surface area contributed by atoms with Gasteiger partial charge in [-0.2, -0.15) is 0 Å². The SMILES string of the molecule is O=C(C1=C(O)C(=O)N(c2ccccc2)C1c1c[nH]c2ccccc12)c1cc2ccccc2o1. The Morgan fingerprint density at radius 3 is 2.48 bits per heavy atom. The molecule has 2 aromatic heterocycles. The number of nitrogens with one attached hydrogen (secondary N) is 1. The molecule has 5 aromatic rings. The van der Waals surface area contributed by atoms with Crippen LogP contribution in [0.15, 0.2) is 107 Å². The summed E-state index contributed by atoms with van der Waals surface area (Å²) in [5.74, 6) is -1.65. The van der Waals surface area contributed by atoms with E-state index in [0.717, 1.165) is 16.3 Å². The Labute approximate surface area is 188 Å². The summed E-state index contributed by atoms with van der Waals surface area (Å²) in [5.41, 5.74) is 2.72. The zero-order chi connectivity index (χ0) is 22.5. The van der Waals surface area contributed by atoms with Crippen LogP contribution < -0.4 is 4.90 Å². The molecule has 3 heterocycles. The van der Waals surface area contributed by atoms with Gasteiger partial charge in [-0.3, -0.25) is 14.5 Å². The molecule has 0 aliphatic carbocycles. The van der Waals surface area contributed by atoms with Crippen LogP contribution in [0.4, 0.5) is 5.69 Å². The number of benzene rings is 3. The molecule has 6 nitrogen and oxygen atoms in total. The van der Waals surface area contributed by atoms with Crippen molar-refractivity contribution in [1.82, 2.24) is 4.98 Å². The van der Waals surface area contributed by atoms with Gasteiger partial charge < -0.3 is 14.5 Å². The number of amides is 1. The first-order valence-electron chi connectivity index (χ1n) is 10.5. The number of rotatable bonds is 4. The number of carbonyl (C=O) groups is 2. The lowest BCUT2D eigenvalue weighted by molar-refractivity contribution is -0.117. The van der Waals surface area contributed by atoms with Crippen molar-refractivity contribution in [1.29, 1.82) is 0 Å². The molecule has 3 aromatic carbocycles. The van der Waals surface area contributed by atoms with Crippen LogP contribution in [0.1, 0.15) is 22.2 Å². The summed E-state index contributed by atoms with van der Waals surface area (Å²) in [4.78, 5) is 31.7. The number of nitrogens with zero attached hydrogens (tertiary/aromatic N) is 1. The second-order valence-electron chi connectivity index (χ2n) is 7.94. The van der Waals surface area contributed by atoms with E-state index in [4.69, 9.17) is 4.42 Å². The highest BCUT2D eigenvalue weighted by Crippen LogP contribution is 2.44. The van der Waals surface area contributed by atoms with Crippen molar-refractivity contribution in [3.63, 3.8) is 0 Å². The van der Waals surface area contributed by atoms with E-state index in [0.29, 0.717) is 16.8 Å². The Bertz CT molecular complexity index is 1540. The number of fused-ring (bicyclic) bond motifs is 2. The first-order valence-corrected chi connectivity index (χ1v) is 10.5. The monoisotopic (exact) mass is 434 g/mol. The van der Waals surface area contributed by atoms with Gasteiger partial charge >= 0.3 is 0 Å². The topological polar surface area (TPSA) is 86.5 Å². The number of anilines is 1. The standard InChI is InChI=1S/C27H18N2O4/c30-25(22-14-16-8-4-7-13-21(16)33-22)23-24(19-15-28-20-12-6-5-11-18(19)20)29(27(32)26(23)31)17-9-2-1-3-10-17/h1-15,24,28,31H. The Hall–Kier alpha value is -4.58. The molecule has 1 atom stereocenters. The third kappa shape index (κ3) is 2.88. The molecule has 160 valence electrons. The first kappa shape index (κ1) is 19.1. The van der Waals surface area contributed by atoms with E-state index >= 15 is 0 Å². The fourth-order valence-corrected chi connectivity index (χ4v) is 4.53. The summed E-state index contributed by atoms with van der Waals surface area (Å²) in [6.45, 7) is 0. The van der Waals surface area contributed by atoms with Crippen molar-refractivity contribution in [3.8, 4) is 0 Å². The highest BCUT2D eigenvalue weighted by molar-refractivity contribution is 6.21. The molecule has 0 saturated carbocycles. The minimum atomic E-state index is -0.822. The molecular formula is C27H18N2O4. The van der Waals surface area contributed by atoms with Crippen molar-refractivity contribution in [2.24, 2.45) is 0 Å². The lowest BCUT2D eigenvalue weighted by Crippen LogP contribution is -2.30. The van der Waals surface area contributed by atoms with Crippen LogP contribution >= 0.6 is 0 Å². The second kappa shape index (κ2) is 7.24. The van der Waals surface area contributed by atoms with E-state index in [1.165, 1.54) is 4.90 Å². The fourth-order valence-electron chi connectivity index (χ4n) is 4.53. The average Bonchev–Trinajstić information content (AvgIpc) is 3.54. The number of Topliss-reactive ketones (excluding diaryl/α,β-unsaturated/α-hetero) is 1. The minimum Gasteiger partial charge on any atom is -0.503 e. The predicted molar refractivity (Wildman–Crippen MR) is 125 cm³/mol. The average molecular weight is 434 g/mol. The molecular weight excluding hydrogens is 416 g/mol. The number of furan rings is 1. The number of ketones is 1. The van der Waals surface area contributed by atoms with Gasteiger partial charge in [0.25, 0.3) is 5.91 Å². The highest BCUT2D eigenvalue weighted by atomic mass is 16.3. The van der Waals surface area contributed by atoms with Gasteiger partial charge in [-0.05, 0) is 30.3 Å². The number of hydrogen-bond donors (Lipinski definition) is 2. The molecule has 1 unspecified atom stereocenters. The van der Waals surface area contributed by atoms with Crippen LogP contribution in [0.25, 0.3) is 21.9 Å². The van der Waals surface area contributed by atoms with Crippen molar-refractivity contribution in [3.05, 3.63) is 114 Å². The van der Waals surface area contributed by atoms with E-state index in [9.17, 15) is 14.7 Å². The van der Waals surface area contributed by atoms with Crippen LogP contribution in [0, 0.1) is 0 Å². The summed E-state index contributed by atoms with van der Waals surface area (Å²) < 4.78 is 5.79. The Balaban J connectivity index is 1.56. The molecule has 0 radical (unpaired) electrons. The van der Waals surface area contributed by atoms with E-state index < -0.39 is 23.5 Å². The van der Waals surface area contributed by atoms with E-state index in [1.807, 2.05) is 60.7 Å². The Morgan fingerprint density at radius 2 is 1.67 bits per heavy atom. The van der Waals surface area contributed by atoms with E-state index in [1.54, 1.807) is 30.5 Å². The molecule has 0 fully saturated rings. The maximum atomic E-state index is 13.7. The summed E-state index contributed by atoms with van der Waals surface area (Å²) >= 11 is 0. The number of aromatic nitrogens is 1. The molecule has 0 saturated heterocycles. The molecule has 33 heavy (non-hydrogen) atoms. The fraction of sp³-hybridized carbons (Fsp3) is 0.0370. The number of hydrogen-bond acceptors (Lipinski definition) is 4. The number of carbonyl (C=O) groups excluding carboxylic acids is 2.